The zero-order valence-electron chi connectivity index (χ0n) is 10.3. The fourth-order valence-corrected chi connectivity index (χ4v) is 3.66. The molecular formula is C15H15NOS. The molecule has 1 aromatic heterocycles. The van der Waals surface area contributed by atoms with E-state index < -0.39 is 11.4 Å². The number of fused-ring (bicyclic) bond motifs is 1. The molecule has 0 radical (unpaired) electrons. The number of hydrogen-bond acceptors (Lipinski definition) is 1. The third kappa shape index (κ3) is 1.89. The molecule has 1 atom stereocenters. The van der Waals surface area contributed by atoms with Crippen LogP contribution in [0.4, 0.5) is 0 Å². The number of para-hydroxylation sites is 1. The van der Waals surface area contributed by atoms with Gasteiger partial charge >= 0.3 is 0 Å². The largest absolute Gasteiger partial charge is 0.587 e. The van der Waals surface area contributed by atoms with Crippen LogP contribution in [0.25, 0.3) is 10.9 Å². The molecule has 2 aromatic rings. The Morgan fingerprint density at radius 3 is 2.83 bits per heavy atom. The first-order chi connectivity index (χ1) is 8.77. The van der Waals surface area contributed by atoms with Crippen LogP contribution < -0.4 is 0 Å². The minimum atomic E-state index is -1.13. The quantitative estimate of drug-likeness (QED) is 0.754. The molecule has 0 bridgehead atoms. The standard InChI is InChI=1S/C15H15NOS/c1-12-11-13-7-5-6-10-15(13)16(12)18(17)14-8-3-2-4-9-14/h3,5-11H,2,4H2,1H3. The van der Waals surface area contributed by atoms with Crippen molar-refractivity contribution >= 4 is 22.3 Å². The third-order valence-corrected chi connectivity index (χ3v) is 4.69. The Kier molecular flexibility index (Phi) is 3.02. The summed E-state index contributed by atoms with van der Waals surface area (Å²) in [5, 5.41) is 1.14. The normalized spacial score (nSPS) is 16.9. The second-order valence-corrected chi connectivity index (χ2v) is 5.81. The van der Waals surface area contributed by atoms with E-state index >= 15 is 0 Å². The summed E-state index contributed by atoms with van der Waals surface area (Å²) >= 11 is -1.13. The Morgan fingerprint density at radius 1 is 1.22 bits per heavy atom. The van der Waals surface area contributed by atoms with E-state index in [1.165, 1.54) is 0 Å². The van der Waals surface area contributed by atoms with Gasteiger partial charge in [0.05, 0.1) is 11.2 Å². The maximum atomic E-state index is 12.7. The fourth-order valence-electron chi connectivity index (χ4n) is 2.31. The van der Waals surface area contributed by atoms with Crippen LogP contribution in [0, 0.1) is 6.92 Å². The van der Waals surface area contributed by atoms with E-state index in [1.54, 1.807) is 0 Å². The van der Waals surface area contributed by atoms with E-state index in [-0.39, 0.29) is 0 Å². The molecule has 3 rings (SSSR count). The number of allylic oxidation sites excluding steroid dienone is 3. The molecule has 0 spiro atoms. The van der Waals surface area contributed by atoms with Crippen LogP contribution in [0.3, 0.4) is 0 Å². The molecular weight excluding hydrogens is 242 g/mol. The van der Waals surface area contributed by atoms with Gasteiger partial charge in [-0.1, -0.05) is 24.3 Å². The minimum absolute atomic E-state index is 0.908. The molecule has 0 saturated heterocycles. The van der Waals surface area contributed by atoms with Gasteiger partial charge in [0.15, 0.2) is 4.91 Å². The van der Waals surface area contributed by atoms with Gasteiger partial charge in [0.2, 0.25) is 0 Å². The van der Waals surface area contributed by atoms with Crippen LogP contribution in [-0.2, 0) is 11.4 Å². The number of aryl methyl sites for hydroxylation is 1. The van der Waals surface area contributed by atoms with Crippen molar-refractivity contribution in [2.45, 2.75) is 19.8 Å². The van der Waals surface area contributed by atoms with E-state index in [9.17, 15) is 4.55 Å². The van der Waals surface area contributed by atoms with E-state index in [2.05, 4.69) is 24.3 Å². The predicted octanol–water partition coefficient (Wildman–Crippen LogP) is 3.70. The van der Waals surface area contributed by atoms with Crippen molar-refractivity contribution in [2.75, 3.05) is 0 Å². The predicted molar refractivity (Wildman–Crippen MR) is 76.7 cm³/mol. The molecule has 0 fully saturated rings. The third-order valence-electron chi connectivity index (χ3n) is 3.17. The molecule has 0 aliphatic heterocycles. The van der Waals surface area contributed by atoms with Crippen molar-refractivity contribution < 1.29 is 4.55 Å². The average Bonchev–Trinajstić information content (AvgIpc) is 2.75. The first kappa shape index (κ1) is 11.6. The van der Waals surface area contributed by atoms with Gasteiger partial charge < -0.3 is 4.55 Å². The van der Waals surface area contributed by atoms with Gasteiger partial charge in [0, 0.05) is 5.39 Å². The van der Waals surface area contributed by atoms with Gasteiger partial charge in [-0.25, -0.2) is 0 Å². The van der Waals surface area contributed by atoms with Crippen molar-refractivity contribution in [3.8, 4) is 0 Å². The summed E-state index contributed by atoms with van der Waals surface area (Å²) in [6.45, 7) is 2.00. The Balaban J connectivity index is 2.11. The van der Waals surface area contributed by atoms with Gasteiger partial charge in [0.25, 0.3) is 0 Å². The van der Waals surface area contributed by atoms with Crippen molar-refractivity contribution in [2.24, 2.45) is 0 Å². The van der Waals surface area contributed by atoms with E-state index in [4.69, 9.17) is 0 Å². The number of benzene rings is 1. The Bertz CT molecular complexity index is 639. The zero-order valence-corrected chi connectivity index (χ0v) is 11.1. The lowest BCUT2D eigenvalue weighted by molar-refractivity contribution is 0.594. The fraction of sp³-hybridized carbons (Fsp3) is 0.200. The van der Waals surface area contributed by atoms with Gasteiger partial charge in [-0.15, -0.1) is 0 Å². The molecule has 3 heteroatoms. The number of aromatic nitrogens is 1. The van der Waals surface area contributed by atoms with Crippen molar-refractivity contribution in [3.63, 3.8) is 0 Å². The lowest BCUT2D eigenvalue weighted by Gasteiger charge is -2.15. The summed E-state index contributed by atoms with van der Waals surface area (Å²) in [4.78, 5) is 0.908. The molecule has 2 nitrogen and oxygen atoms in total. The molecule has 1 aromatic carbocycles. The van der Waals surface area contributed by atoms with Gasteiger partial charge in [-0.2, -0.15) is 3.97 Å². The first-order valence-electron chi connectivity index (χ1n) is 6.13. The number of rotatable bonds is 2. The first-order valence-corrected chi connectivity index (χ1v) is 7.24. The molecule has 0 amide bonds. The zero-order chi connectivity index (χ0) is 12.5. The summed E-state index contributed by atoms with van der Waals surface area (Å²) in [5.41, 5.74) is 2.07. The van der Waals surface area contributed by atoms with E-state index in [1.807, 2.05) is 35.2 Å². The molecule has 0 N–H and O–H groups in total. The summed E-state index contributed by atoms with van der Waals surface area (Å²) in [6.07, 6.45) is 8.17. The Morgan fingerprint density at radius 2 is 2.06 bits per heavy atom. The molecule has 1 unspecified atom stereocenters. The maximum absolute atomic E-state index is 12.7. The van der Waals surface area contributed by atoms with Gasteiger partial charge in [0.1, 0.15) is 11.4 Å². The average molecular weight is 257 g/mol. The summed E-state index contributed by atoms with van der Waals surface area (Å²) in [7, 11) is 0. The second-order valence-electron chi connectivity index (χ2n) is 4.47. The highest BCUT2D eigenvalue weighted by Gasteiger charge is 2.21. The highest BCUT2D eigenvalue weighted by atomic mass is 32.2. The molecule has 92 valence electrons. The van der Waals surface area contributed by atoms with Gasteiger partial charge in [-0.3, -0.25) is 0 Å². The Labute approximate surface area is 110 Å². The van der Waals surface area contributed by atoms with Crippen molar-refractivity contribution in [1.82, 2.24) is 3.97 Å². The lowest BCUT2D eigenvalue weighted by atomic mass is 10.2. The Hall–Kier alpha value is -1.45. The van der Waals surface area contributed by atoms with Crippen LogP contribution in [0.2, 0.25) is 0 Å². The lowest BCUT2D eigenvalue weighted by Crippen LogP contribution is -2.16. The van der Waals surface area contributed by atoms with Crippen LogP contribution in [0.5, 0.6) is 0 Å². The van der Waals surface area contributed by atoms with Crippen LogP contribution in [0.15, 0.2) is 53.5 Å². The molecule has 1 heterocycles. The van der Waals surface area contributed by atoms with Crippen LogP contribution >= 0.6 is 0 Å². The molecule has 1 aliphatic carbocycles. The molecule has 0 saturated carbocycles. The summed E-state index contributed by atoms with van der Waals surface area (Å²) in [5.74, 6) is 0. The topological polar surface area (TPSA) is 28.0 Å². The minimum Gasteiger partial charge on any atom is -0.587 e. The highest BCUT2D eigenvalue weighted by molar-refractivity contribution is 7.94. The molecule has 18 heavy (non-hydrogen) atoms. The molecule has 1 aliphatic rings. The SMILES string of the molecule is Cc1cc2ccccc2n1[S+]([O-])C1=CCCC=C1. The maximum Gasteiger partial charge on any atom is 0.176 e. The number of hydrogen-bond donors (Lipinski definition) is 0. The highest BCUT2D eigenvalue weighted by Crippen LogP contribution is 2.26. The summed E-state index contributed by atoms with van der Waals surface area (Å²) < 4.78 is 14.6. The summed E-state index contributed by atoms with van der Waals surface area (Å²) in [6, 6.07) is 10.2. The monoisotopic (exact) mass is 257 g/mol. The number of nitrogens with zero attached hydrogens (tertiary/aromatic N) is 1. The second kappa shape index (κ2) is 4.67. The van der Waals surface area contributed by atoms with Crippen molar-refractivity contribution in [3.05, 3.63) is 59.2 Å². The van der Waals surface area contributed by atoms with Gasteiger partial charge in [-0.05, 0) is 44.1 Å². The van der Waals surface area contributed by atoms with E-state index in [0.29, 0.717) is 0 Å². The van der Waals surface area contributed by atoms with E-state index in [0.717, 1.165) is 34.3 Å². The van der Waals surface area contributed by atoms with Crippen LogP contribution in [-0.4, -0.2) is 8.53 Å². The van der Waals surface area contributed by atoms with Crippen molar-refractivity contribution in [1.29, 1.82) is 0 Å². The van der Waals surface area contributed by atoms with Crippen LogP contribution in [0.1, 0.15) is 18.5 Å². The smallest absolute Gasteiger partial charge is 0.176 e.